The van der Waals surface area contributed by atoms with Gasteiger partial charge in [-0.25, -0.2) is 8.78 Å². The SMILES string of the molecule is CSc1nnc(C(F)F)n1N=Cc1ccc(COc2ccc(Br)cc2)o1. The van der Waals surface area contributed by atoms with Crippen LogP contribution in [0.1, 0.15) is 23.8 Å². The van der Waals surface area contributed by atoms with E-state index in [1.807, 2.05) is 24.3 Å². The van der Waals surface area contributed by atoms with Gasteiger partial charge in [0.25, 0.3) is 6.43 Å². The summed E-state index contributed by atoms with van der Waals surface area (Å²) in [5.74, 6) is 1.17. The van der Waals surface area contributed by atoms with Gasteiger partial charge in [0, 0.05) is 4.47 Å². The molecule has 10 heteroatoms. The van der Waals surface area contributed by atoms with Crippen molar-refractivity contribution in [3.8, 4) is 5.75 Å². The molecule has 0 radical (unpaired) electrons. The van der Waals surface area contributed by atoms with E-state index in [1.54, 1.807) is 18.4 Å². The van der Waals surface area contributed by atoms with Crippen LogP contribution in [0.3, 0.4) is 0 Å². The predicted octanol–water partition coefficient (Wildman–Crippen LogP) is 4.75. The topological polar surface area (TPSA) is 65.4 Å². The first-order valence-corrected chi connectivity index (χ1v) is 9.37. The Morgan fingerprint density at radius 3 is 2.73 bits per heavy atom. The lowest BCUT2D eigenvalue weighted by atomic mass is 10.3. The molecule has 0 aliphatic carbocycles. The first kappa shape index (κ1) is 18.6. The van der Waals surface area contributed by atoms with Crippen LogP contribution in [0.4, 0.5) is 8.78 Å². The Kier molecular flexibility index (Phi) is 6.04. The van der Waals surface area contributed by atoms with Gasteiger partial charge in [-0.05, 0) is 42.7 Å². The Hall–Kier alpha value is -2.20. The molecule has 3 rings (SSSR count). The first-order valence-electron chi connectivity index (χ1n) is 7.35. The van der Waals surface area contributed by atoms with Crippen molar-refractivity contribution in [1.82, 2.24) is 14.9 Å². The van der Waals surface area contributed by atoms with Gasteiger partial charge in [0.05, 0.1) is 6.21 Å². The molecule has 0 N–H and O–H groups in total. The molecule has 0 unspecified atom stereocenters. The summed E-state index contributed by atoms with van der Waals surface area (Å²) in [6.07, 6.45) is 0.264. The lowest BCUT2D eigenvalue weighted by molar-refractivity contribution is 0.135. The van der Waals surface area contributed by atoms with E-state index < -0.39 is 12.2 Å². The van der Waals surface area contributed by atoms with E-state index in [1.165, 1.54) is 18.0 Å². The van der Waals surface area contributed by atoms with Gasteiger partial charge in [0.1, 0.15) is 23.9 Å². The second-order valence-corrected chi connectivity index (χ2v) is 6.64. The molecular formula is C16H13BrF2N4O2S. The Balaban J connectivity index is 1.67. The van der Waals surface area contributed by atoms with Crippen molar-refractivity contribution in [1.29, 1.82) is 0 Å². The maximum absolute atomic E-state index is 12.9. The highest BCUT2D eigenvalue weighted by atomic mass is 79.9. The van der Waals surface area contributed by atoms with Gasteiger partial charge in [-0.1, -0.05) is 27.7 Å². The minimum absolute atomic E-state index is 0.237. The molecular weight excluding hydrogens is 430 g/mol. The predicted molar refractivity (Wildman–Crippen MR) is 96.9 cm³/mol. The zero-order valence-corrected chi connectivity index (χ0v) is 15.9. The molecule has 0 bridgehead atoms. The number of hydrogen-bond acceptors (Lipinski definition) is 6. The van der Waals surface area contributed by atoms with Crippen molar-refractivity contribution in [2.24, 2.45) is 5.10 Å². The summed E-state index contributed by atoms with van der Waals surface area (Å²) in [5, 5.41) is 11.4. The fourth-order valence-electron chi connectivity index (χ4n) is 1.99. The Morgan fingerprint density at radius 2 is 2.04 bits per heavy atom. The van der Waals surface area contributed by atoms with E-state index in [4.69, 9.17) is 9.15 Å². The summed E-state index contributed by atoms with van der Waals surface area (Å²) in [4.78, 5) is 0. The second kappa shape index (κ2) is 8.45. The summed E-state index contributed by atoms with van der Waals surface area (Å²) in [6.45, 7) is 0.237. The monoisotopic (exact) mass is 442 g/mol. The molecule has 2 heterocycles. The minimum atomic E-state index is -2.77. The van der Waals surface area contributed by atoms with E-state index in [0.29, 0.717) is 17.3 Å². The molecule has 0 saturated carbocycles. The summed E-state index contributed by atoms with van der Waals surface area (Å²) < 4.78 is 39.0. The zero-order chi connectivity index (χ0) is 18.5. The molecule has 0 aliphatic heterocycles. The quantitative estimate of drug-likeness (QED) is 0.390. The van der Waals surface area contributed by atoms with Gasteiger partial charge < -0.3 is 9.15 Å². The van der Waals surface area contributed by atoms with Crippen molar-refractivity contribution in [3.05, 3.63) is 58.2 Å². The van der Waals surface area contributed by atoms with Crippen LogP contribution in [-0.2, 0) is 6.61 Å². The van der Waals surface area contributed by atoms with Gasteiger partial charge in [-0.3, -0.25) is 0 Å². The maximum Gasteiger partial charge on any atom is 0.299 e. The molecule has 0 amide bonds. The molecule has 0 aliphatic rings. The second-order valence-electron chi connectivity index (χ2n) is 4.95. The molecule has 2 aromatic heterocycles. The summed E-state index contributed by atoms with van der Waals surface area (Å²) >= 11 is 4.52. The number of thioether (sulfide) groups is 1. The van der Waals surface area contributed by atoms with Crippen molar-refractivity contribution < 1.29 is 17.9 Å². The van der Waals surface area contributed by atoms with Crippen LogP contribution in [0.2, 0.25) is 0 Å². The summed E-state index contributed by atoms with van der Waals surface area (Å²) in [5.41, 5.74) is 0. The standard InChI is InChI=1S/C16H13BrF2N4O2S/c1-26-16-22-21-15(14(18)19)23(16)20-8-12-6-7-13(25-12)9-24-11-4-2-10(17)3-5-11/h2-8,14H,9H2,1H3. The van der Waals surface area contributed by atoms with Crippen molar-refractivity contribution in [2.45, 2.75) is 18.2 Å². The number of furan rings is 1. The summed E-state index contributed by atoms with van der Waals surface area (Å²) in [6, 6.07) is 10.8. The molecule has 0 atom stereocenters. The van der Waals surface area contributed by atoms with Crippen LogP contribution in [0.5, 0.6) is 5.75 Å². The lowest BCUT2D eigenvalue weighted by Crippen LogP contribution is -2.00. The molecule has 26 heavy (non-hydrogen) atoms. The third kappa shape index (κ3) is 4.50. The number of halogens is 3. The van der Waals surface area contributed by atoms with Crippen LogP contribution in [0, 0.1) is 0 Å². The van der Waals surface area contributed by atoms with E-state index in [2.05, 4.69) is 31.2 Å². The van der Waals surface area contributed by atoms with Gasteiger partial charge >= 0.3 is 0 Å². The summed E-state index contributed by atoms with van der Waals surface area (Å²) in [7, 11) is 0. The number of alkyl halides is 2. The number of ether oxygens (including phenoxy) is 1. The van der Waals surface area contributed by atoms with Crippen LogP contribution in [-0.4, -0.2) is 27.3 Å². The lowest BCUT2D eigenvalue weighted by Gasteiger charge is -2.03. The average Bonchev–Trinajstić information content (AvgIpc) is 3.25. The van der Waals surface area contributed by atoms with E-state index >= 15 is 0 Å². The first-order chi connectivity index (χ1) is 12.6. The molecule has 3 aromatic rings. The third-order valence-electron chi connectivity index (χ3n) is 3.19. The smallest absolute Gasteiger partial charge is 0.299 e. The van der Waals surface area contributed by atoms with Crippen LogP contribution in [0.15, 0.2) is 55.5 Å². The number of rotatable bonds is 7. The molecule has 0 saturated heterocycles. The number of benzene rings is 1. The average molecular weight is 443 g/mol. The van der Waals surface area contributed by atoms with Crippen molar-refractivity contribution in [3.63, 3.8) is 0 Å². The number of hydrogen-bond donors (Lipinski definition) is 0. The van der Waals surface area contributed by atoms with Gasteiger partial charge in [0.15, 0.2) is 0 Å². The van der Waals surface area contributed by atoms with E-state index in [-0.39, 0.29) is 11.8 Å². The molecule has 0 spiro atoms. The van der Waals surface area contributed by atoms with Crippen LogP contribution >= 0.6 is 27.7 Å². The largest absolute Gasteiger partial charge is 0.486 e. The highest BCUT2D eigenvalue weighted by Crippen LogP contribution is 2.22. The van der Waals surface area contributed by atoms with Gasteiger partial charge in [-0.15, -0.1) is 10.2 Å². The normalized spacial score (nSPS) is 11.6. The van der Waals surface area contributed by atoms with Gasteiger partial charge in [-0.2, -0.15) is 9.78 Å². The molecule has 136 valence electrons. The van der Waals surface area contributed by atoms with Gasteiger partial charge in [0.2, 0.25) is 11.0 Å². The fourth-order valence-corrected chi connectivity index (χ4v) is 2.69. The fraction of sp³-hybridized carbons (Fsp3) is 0.188. The Labute approximate surface area is 160 Å². The highest BCUT2D eigenvalue weighted by molar-refractivity contribution is 9.10. The van der Waals surface area contributed by atoms with E-state index in [0.717, 1.165) is 9.15 Å². The minimum Gasteiger partial charge on any atom is -0.486 e. The van der Waals surface area contributed by atoms with Crippen LogP contribution in [0.25, 0.3) is 0 Å². The Bertz CT molecular complexity index is 896. The van der Waals surface area contributed by atoms with Crippen molar-refractivity contribution >= 4 is 33.9 Å². The molecule has 6 nitrogen and oxygen atoms in total. The maximum atomic E-state index is 12.9. The van der Waals surface area contributed by atoms with E-state index in [9.17, 15) is 8.78 Å². The number of aromatic nitrogens is 3. The highest BCUT2D eigenvalue weighted by Gasteiger charge is 2.19. The number of nitrogens with zero attached hydrogens (tertiary/aromatic N) is 4. The van der Waals surface area contributed by atoms with Crippen LogP contribution < -0.4 is 4.74 Å². The Morgan fingerprint density at radius 1 is 1.27 bits per heavy atom. The molecule has 1 aromatic carbocycles. The third-order valence-corrected chi connectivity index (χ3v) is 4.34. The van der Waals surface area contributed by atoms with Crippen molar-refractivity contribution in [2.75, 3.05) is 6.26 Å². The molecule has 0 fully saturated rings. The zero-order valence-electron chi connectivity index (χ0n) is 13.5.